The molecule has 1 aliphatic heterocycles. The van der Waals surface area contributed by atoms with Crippen LogP contribution in [0.15, 0.2) is 52.5 Å². The molecule has 124 valence electrons. The Morgan fingerprint density at radius 2 is 1.96 bits per heavy atom. The topological polar surface area (TPSA) is 41.9 Å². The number of nitrogens with zero attached hydrogens (tertiary/aromatic N) is 2. The first-order chi connectivity index (χ1) is 11.5. The number of carbonyl (C=O) groups is 1. The van der Waals surface area contributed by atoms with Gasteiger partial charge < -0.3 is 9.64 Å². The van der Waals surface area contributed by atoms with Crippen molar-refractivity contribution in [3.05, 3.63) is 64.0 Å². The summed E-state index contributed by atoms with van der Waals surface area (Å²) in [5.74, 6) is -0.923. The summed E-state index contributed by atoms with van der Waals surface area (Å²) in [6.07, 6.45) is 1.56. The van der Waals surface area contributed by atoms with E-state index in [4.69, 9.17) is 4.74 Å². The zero-order valence-electron chi connectivity index (χ0n) is 13.0. The Morgan fingerprint density at radius 1 is 1.25 bits per heavy atom. The first kappa shape index (κ1) is 16.3. The summed E-state index contributed by atoms with van der Waals surface area (Å²) in [7, 11) is 1.29. The van der Waals surface area contributed by atoms with Crippen LogP contribution in [0.25, 0.3) is 0 Å². The predicted molar refractivity (Wildman–Crippen MR) is 89.3 cm³/mol. The number of hydrogen-bond donors (Lipinski definition) is 0. The van der Waals surface area contributed by atoms with Gasteiger partial charge in [0.2, 0.25) is 0 Å². The maximum Gasteiger partial charge on any atom is 0.337 e. The van der Waals surface area contributed by atoms with Crippen molar-refractivity contribution in [3.8, 4) is 0 Å². The smallest absolute Gasteiger partial charge is 0.337 e. The van der Waals surface area contributed by atoms with Crippen LogP contribution >= 0.6 is 11.3 Å². The number of hydrogen-bond acceptors (Lipinski definition) is 5. The third-order valence-corrected chi connectivity index (χ3v) is 4.49. The molecule has 4 nitrogen and oxygen atoms in total. The number of aliphatic imine (C=N–C) groups is 1. The molecule has 1 aliphatic rings. The van der Waals surface area contributed by atoms with Gasteiger partial charge in [0.15, 0.2) is 5.84 Å². The second-order valence-corrected chi connectivity index (χ2v) is 6.06. The number of benzene rings is 1. The highest BCUT2D eigenvalue weighted by molar-refractivity contribution is 7.12. The summed E-state index contributed by atoms with van der Waals surface area (Å²) < 4.78 is 32.1. The first-order valence-electron chi connectivity index (χ1n) is 7.17. The minimum atomic E-state index is -0.510. The van der Waals surface area contributed by atoms with Crippen LogP contribution < -0.4 is 4.90 Å². The lowest BCUT2D eigenvalue weighted by molar-refractivity contribution is -0.136. The van der Waals surface area contributed by atoms with Crippen molar-refractivity contribution in [1.29, 1.82) is 0 Å². The molecule has 2 heterocycles. The summed E-state index contributed by atoms with van der Waals surface area (Å²) in [5, 5.41) is 1.63. The molecule has 0 saturated heterocycles. The Kier molecular flexibility index (Phi) is 4.44. The molecule has 1 atom stereocenters. The van der Waals surface area contributed by atoms with Crippen LogP contribution in [0.1, 0.15) is 11.8 Å². The van der Waals surface area contributed by atoms with E-state index in [1.165, 1.54) is 48.8 Å². The number of ether oxygens (including phenoxy) is 1. The summed E-state index contributed by atoms with van der Waals surface area (Å²) in [6, 6.07) is 6.54. The summed E-state index contributed by atoms with van der Waals surface area (Å²) in [4.78, 5) is 18.3. The van der Waals surface area contributed by atoms with Crippen molar-refractivity contribution in [2.45, 2.75) is 13.0 Å². The molecule has 0 N–H and O–H groups in total. The van der Waals surface area contributed by atoms with E-state index in [0.717, 1.165) is 0 Å². The number of esters is 1. The number of anilines is 1. The molecule has 2 aromatic rings. The van der Waals surface area contributed by atoms with E-state index in [1.54, 1.807) is 23.4 Å². The average molecular weight is 348 g/mol. The van der Waals surface area contributed by atoms with Crippen LogP contribution in [0, 0.1) is 11.6 Å². The standard InChI is InChI=1S/C17H14F2N2O2S/c1-10-13(17(22)23-2)9-21(12-5-3-11(18)4-6-12)16(20-10)15-14(19)7-8-24-15/h3-10H,1-2H3. The van der Waals surface area contributed by atoms with Crippen LogP contribution in [0.3, 0.4) is 0 Å². The maximum absolute atomic E-state index is 14.1. The lowest BCUT2D eigenvalue weighted by atomic mass is 10.1. The van der Waals surface area contributed by atoms with E-state index in [1.807, 2.05) is 0 Å². The Morgan fingerprint density at radius 3 is 2.54 bits per heavy atom. The number of halogens is 2. The Balaban J connectivity index is 2.11. The predicted octanol–water partition coefficient (Wildman–Crippen LogP) is 3.74. The zero-order chi connectivity index (χ0) is 17.3. The molecule has 7 heteroatoms. The molecule has 24 heavy (non-hydrogen) atoms. The van der Waals surface area contributed by atoms with Crippen molar-refractivity contribution in [2.75, 3.05) is 12.0 Å². The molecule has 0 fully saturated rings. The summed E-state index contributed by atoms with van der Waals surface area (Å²) >= 11 is 1.21. The van der Waals surface area contributed by atoms with Crippen molar-refractivity contribution in [1.82, 2.24) is 0 Å². The minimum absolute atomic E-state index is 0.336. The normalized spacial score (nSPS) is 17.3. The van der Waals surface area contributed by atoms with Gasteiger partial charge in [0.05, 0.1) is 18.7 Å². The van der Waals surface area contributed by atoms with Crippen molar-refractivity contribution in [3.63, 3.8) is 0 Å². The average Bonchev–Trinajstić information content (AvgIpc) is 3.00. The van der Waals surface area contributed by atoms with E-state index in [9.17, 15) is 13.6 Å². The van der Waals surface area contributed by atoms with Gasteiger partial charge in [0.25, 0.3) is 0 Å². The fraction of sp³-hybridized carbons (Fsp3) is 0.176. The van der Waals surface area contributed by atoms with Crippen molar-refractivity contribution >= 4 is 28.8 Å². The largest absolute Gasteiger partial charge is 0.466 e. The SMILES string of the molecule is COC(=O)C1=CN(c2ccc(F)cc2)C(c2sccc2F)=NC1C. The van der Waals surface area contributed by atoms with Gasteiger partial charge in [-0.05, 0) is 42.6 Å². The lowest BCUT2D eigenvalue weighted by Gasteiger charge is -2.29. The molecule has 0 aliphatic carbocycles. The van der Waals surface area contributed by atoms with Crippen LogP contribution in [0.4, 0.5) is 14.5 Å². The Hall–Kier alpha value is -2.54. The molecule has 0 amide bonds. The molecule has 1 unspecified atom stereocenters. The molecule has 0 radical (unpaired) electrons. The van der Waals surface area contributed by atoms with E-state index >= 15 is 0 Å². The maximum atomic E-state index is 14.1. The van der Waals surface area contributed by atoms with Crippen molar-refractivity contribution < 1.29 is 18.3 Å². The molecule has 0 bridgehead atoms. The molecule has 1 aromatic heterocycles. The van der Waals surface area contributed by atoms with Gasteiger partial charge in [0.1, 0.15) is 16.5 Å². The van der Waals surface area contributed by atoms with E-state index in [0.29, 0.717) is 22.0 Å². The fourth-order valence-electron chi connectivity index (χ4n) is 2.38. The van der Waals surface area contributed by atoms with Gasteiger partial charge in [0, 0.05) is 11.9 Å². The minimum Gasteiger partial charge on any atom is -0.466 e. The van der Waals surface area contributed by atoms with Crippen LogP contribution in [-0.2, 0) is 9.53 Å². The second-order valence-electron chi connectivity index (χ2n) is 5.15. The zero-order valence-corrected chi connectivity index (χ0v) is 13.8. The molecule has 3 rings (SSSR count). The highest BCUT2D eigenvalue weighted by Crippen LogP contribution is 2.29. The van der Waals surface area contributed by atoms with Crippen molar-refractivity contribution in [2.24, 2.45) is 4.99 Å². The highest BCUT2D eigenvalue weighted by atomic mass is 32.1. The molecule has 1 aromatic carbocycles. The van der Waals surface area contributed by atoms with Crippen LogP contribution in [0.5, 0.6) is 0 Å². The highest BCUT2D eigenvalue weighted by Gasteiger charge is 2.29. The van der Waals surface area contributed by atoms with Gasteiger partial charge in [-0.15, -0.1) is 11.3 Å². The van der Waals surface area contributed by atoms with Gasteiger partial charge in [-0.3, -0.25) is 4.99 Å². The number of methoxy groups -OCH3 is 1. The number of thiophene rings is 1. The van der Waals surface area contributed by atoms with Gasteiger partial charge in [-0.2, -0.15) is 0 Å². The lowest BCUT2D eigenvalue weighted by Crippen LogP contribution is -2.35. The second kappa shape index (κ2) is 6.52. The van der Waals surface area contributed by atoms with E-state index in [2.05, 4.69) is 4.99 Å². The number of amidine groups is 1. The Labute approximate surface area is 141 Å². The van der Waals surface area contributed by atoms with Gasteiger partial charge in [-0.25, -0.2) is 13.6 Å². The van der Waals surface area contributed by atoms with Gasteiger partial charge in [-0.1, -0.05) is 0 Å². The third kappa shape index (κ3) is 2.94. The van der Waals surface area contributed by atoms with E-state index in [-0.39, 0.29) is 5.82 Å². The van der Waals surface area contributed by atoms with Gasteiger partial charge >= 0.3 is 5.97 Å². The first-order valence-corrected chi connectivity index (χ1v) is 8.05. The van der Waals surface area contributed by atoms with E-state index < -0.39 is 17.8 Å². The molecular weight excluding hydrogens is 334 g/mol. The summed E-state index contributed by atoms with van der Waals surface area (Å²) in [6.45, 7) is 1.73. The van der Waals surface area contributed by atoms with Crippen LogP contribution in [0.2, 0.25) is 0 Å². The summed E-state index contributed by atoms with van der Waals surface area (Å²) in [5.41, 5.74) is 0.902. The third-order valence-electron chi connectivity index (χ3n) is 3.61. The molecular formula is C17H14F2N2O2S. The number of carbonyl (C=O) groups excluding carboxylic acids is 1. The molecule has 0 spiro atoms. The quantitative estimate of drug-likeness (QED) is 0.794. The molecule has 0 saturated carbocycles. The Bertz CT molecular complexity index is 827. The number of rotatable bonds is 3. The monoisotopic (exact) mass is 348 g/mol. The fourth-order valence-corrected chi connectivity index (χ4v) is 3.14. The van der Waals surface area contributed by atoms with Crippen LogP contribution in [-0.4, -0.2) is 25.0 Å².